The molecule has 2 fully saturated rings. The fourth-order valence-corrected chi connectivity index (χ4v) is 6.76. The Hall–Kier alpha value is -0.370. The van der Waals surface area contributed by atoms with Crippen LogP contribution in [0.25, 0.3) is 0 Å². The second kappa shape index (κ2) is 8.77. The van der Waals surface area contributed by atoms with Gasteiger partial charge in [0.25, 0.3) is 0 Å². The molecular weight excluding hydrogens is 380 g/mol. The average molecular weight is 435 g/mol. The van der Waals surface area contributed by atoms with Gasteiger partial charge in [-0.2, -0.15) is 0 Å². The summed E-state index contributed by atoms with van der Waals surface area (Å²) >= 11 is 0. The minimum atomic E-state index is -0.214. The number of carbonyl (C=O) groups excluding carboxylic acids is 1. The molecule has 0 aliphatic heterocycles. The number of hydrogen-bond acceptors (Lipinski definition) is 2. The van der Waals surface area contributed by atoms with Gasteiger partial charge in [-0.05, 0) is 77.4 Å². The minimum absolute atomic E-state index is 0.0316. The molecule has 0 aromatic carbocycles. The smallest absolute Gasteiger partial charge is 0.140 e. The monoisotopic (exact) mass is 434 g/mol. The molecule has 182 valence electrons. The molecule has 0 aromatic heterocycles. The van der Waals surface area contributed by atoms with Gasteiger partial charge in [0.2, 0.25) is 0 Å². The highest BCUT2D eigenvalue weighted by Crippen LogP contribution is 2.52. The Morgan fingerprint density at radius 3 is 1.23 bits per heavy atom. The van der Waals surface area contributed by atoms with Gasteiger partial charge >= 0.3 is 0 Å². The molecule has 0 amide bonds. The maximum Gasteiger partial charge on any atom is 0.140 e. The van der Waals surface area contributed by atoms with Crippen LogP contribution in [-0.2, 0) is 4.79 Å². The number of rotatable bonds is 2. The number of Topliss-reactive ketones (excluding diaryl/α,β-unsaturated/α-hetero) is 1. The number of aliphatic hydroxyl groups excluding tert-OH is 1. The minimum Gasteiger partial charge on any atom is -0.393 e. The van der Waals surface area contributed by atoms with Gasteiger partial charge < -0.3 is 5.11 Å². The van der Waals surface area contributed by atoms with Crippen molar-refractivity contribution >= 4 is 5.78 Å². The van der Waals surface area contributed by atoms with E-state index in [1.165, 1.54) is 6.42 Å². The third kappa shape index (κ3) is 6.36. The van der Waals surface area contributed by atoms with Crippen LogP contribution < -0.4 is 0 Å². The molecule has 5 unspecified atom stereocenters. The van der Waals surface area contributed by atoms with Crippen LogP contribution in [0.5, 0.6) is 0 Å². The average Bonchev–Trinajstić information content (AvgIpc) is 2.53. The largest absolute Gasteiger partial charge is 0.393 e. The summed E-state index contributed by atoms with van der Waals surface area (Å²) in [5, 5.41) is 11.3. The topological polar surface area (TPSA) is 37.3 Å². The molecule has 0 spiro atoms. The summed E-state index contributed by atoms with van der Waals surface area (Å²) in [6, 6.07) is 0. The van der Waals surface area contributed by atoms with Gasteiger partial charge in [0.05, 0.1) is 6.10 Å². The molecular formula is C29H54O2. The van der Waals surface area contributed by atoms with Crippen molar-refractivity contribution < 1.29 is 9.90 Å². The summed E-state index contributed by atoms with van der Waals surface area (Å²) in [5.74, 6) is 2.80. The van der Waals surface area contributed by atoms with Gasteiger partial charge in [-0.25, -0.2) is 0 Å². The molecule has 2 heteroatoms. The Morgan fingerprint density at radius 1 is 0.613 bits per heavy atom. The van der Waals surface area contributed by atoms with Gasteiger partial charge in [0, 0.05) is 11.8 Å². The quantitative estimate of drug-likeness (QED) is 0.482. The molecule has 31 heavy (non-hydrogen) atoms. The van der Waals surface area contributed by atoms with E-state index >= 15 is 0 Å². The molecule has 1 N–H and O–H groups in total. The molecule has 2 nitrogen and oxygen atoms in total. The number of hydrogen-bond donors (Lipinski definition) is 1. The molecule has 2 aliphatic rings. The first kappa shape index (κ1) is 26.9. The third-order valence-electron chi connectivity index (χ3n) is 8.81. The molecule has 0 saturated heterocycles. The highest BCUT2D eigenvalue weighted by molar-refractivity contribution is 5.85. The lowest BCUT2D eigenvalue weighted by atomic mass is 9.55. The summed E-state index contributed by atoms with van der Waals surface area (Å²) in [6.45, 7) is 27.3. The SMILES string of the molecule is CC(C)(C)C1CC(CC2CC(C(C)(C)C)C(O)[C@@H](C(C)(C)C)C2)CC(C(C)(C)C)C1=O. The molecule has 2 saturated carbocycles. The molecule has 0 heterocycles. The summed E-state index contributed by atoms with van der Waals surface area (Å²) in [6.07, 6.45) is 5.36. The fourth-order valence-electron chi connectivity index (χ4n) is 6.76. The van der Waals surface area contributed by atoms with Crippen molar-refractivity contribution in [2.75, 3.05) is 0 Å². The fraction of sp³-hybridized carbons (Fsp3) is 0.966. The molecule has 2 rings (SSSR count). The Kier molecular flexibility index (Phi) is 7.60. The van der Waals surface area contributed by atoms with Gasteiger partial charge in [-0.1, -0.05) is 83.1 Å². The van der Waals surface area contributed by atoms with Crippen molar-refractivity contribution in [2.24, 2.45) is 57.2 Å². The van der Waals surface area contributed by atoms with E-state index in [1.54, 1.807) is 0 Å². The normalized spacial score (nSPS) is 36.5. The van der Waals surface area contributed by atoms with Crippen LogP contribution in [-0.4, -0.2) is 17.0 Å². The van der Waals surface area contributed by atoms with Crippen molar-refractivity contribution in [3.8, 4) is 0 Å². The van der Waals surface area contributed by atoms with Crippen LogP contribution in [0.3, 0.4) is 0 Å². The second-order valence-corrected chi connectivity index (χ2v) is 15.6. The Bertz CT molecular complexity index is 569. The lowest BCUT2D eigenvalue weighted by Crippen LogP contribution is -2.48. The van der Waals surface area contributed by atoms with E-state index in [0.717, 1.165) is 25.7 Å². The first-order valence-electron chi connectivity index (χ1n) is 12.9. The van der Waals surface area contributed by atoms with E-state index in [1.807, 2.05) is 0 Å². The first-order chi connectivity index (χ1) is 13.7. The molecule has 0 bridgehead atoms. The summed E-state index contributed by atoms with van der Waals surface area (Å²) in [4.78, 5) is 13.4. The lowest BCUT2D eigenvalue weighted by molar-refractivity contribution is -0.139. The standard InChI is InChI=1S/C29H54O2/c1-26(2,3)20-14-18(15-21(24(20)30)27(4,5)6)13-19-16-22(28(7,8)9)25(31)23(17-19)29(10,11)12/h18-24,30H,13-17H2,1-12H3/t18?,19?,20-,21?,22?,23?,24?/m0/s1. The zero-order valence-electron chi connectivity index (χ0n) is 22.9. The summed E-state index contributed by atoms with van der Waals surface area (Å²) < 4.78 is 0. The van der Waals surface area contributed by atoms with E-state index in [9.17, 15) is 9.90 Å². The highest BCUT2D eigenvalue weighted by atomic mass is 16.3. The van der Waals surface area contributed by atoms with Crippen LogP contribution >= 0.6 is 0 Å². The van der Waals surface area contributed by atoms with Crippen molar-refractivity contribution in [1.82, 2.24) is 0 Å². The second-order valence-electron chi connectivity index (χ2n) is 15.6. The van der Waals surface area contributed by atoms with Crippen LogP contribution in [0.4, 0.5) is 0 Å². The van der Waals surface area contributed by atoms with Gasteiger partial charge in [0.15, 0.2) is 0 Å². The van der Waals surface area contributed by atoms with Crippen molar-refractivity contribution in [1.29, 1.82) is 0 Å². The molecule has 6 atom stereocenters. The van der Waals surface area contributed by atoms with E-state index in [-0.39, 0.29) is 39.6 Å². The number of ketones is 1. The van der Waals surface area contributed by atoms with Crippen LogP contribution in [0.2, 0.25) is 0 Å². The van der Waals surface area contributed by atoms with E-state index in [2.05, 4.69) is 83.1 Å². The van der Waals surface area contributed by atoms with Gasteiger partial charge in [-0.15, -0.1) is 0 Å². The third-order valence-corrected chi connectivity index (χ3v) is 8.81. The van der Waals surface area contributed by atoms with Crippen molar-refractivity contribution in [2.45, 2.75) is 121 Å². The lowest BCUT2D eigenvalue weighted by Gasteiger charge is -2.51. The predicted molar refractivity (Wildman–Crippen MR) is 133 cm³/mol. The van der Waals surface area contributed by atoms with E-state index in [4.69, 9.17) is 0 Å². The van der Waals surface area contributed by atoms with Crippen LogP contribution in [0.15, 0.2) is 0 Å². The molecule has 0 radical (unpaired) electrons. The summed E-state index contributed by atoms with van der Waals surface area (Å²) in [5.41, 5.74) is 0.297. The summed E-state index contributed by atoms with van der Waals surface area (Å²) in [7, 11) is 0. The zero-order chi connectivity index (χ0) is 24.2. The highest BCUT2D eigenvalue weighted by Gasteiger charge is 2.49. The Balaban J connectivity index is 2.28. The van der Waals surface area contributed by atoms with Crippen molar-refractivity contribution in [3.05, 3.63) is 0 Å². The number of aliphatic hydroxyl groups is 1. The van der Waals surface area contributed by atoms with E-state index < -0.39 is 0 Å². The molecule has 0 aromatic rings. The van der Waals surface area contributed by atoms with Crippen molar-refractivity contribution in [3.63, 3.8) is 0 Å². The van der Waals surface area contributed by atoms with Crippen LogP contribution in [0.1, 0.15) is 115 Å². The number of carbonyl (C=O) groups is 1. The Labute approximate surface area is 194 Å². The molecule has 2 aliphatic carbocycles. The predicted octanol–water partition coefficient (Wildman–Crippen LogP) is 7.78. The zero-order valence-corrected chi connectivity index (χ0v) is 22.9. The maximum atomic E-state index is 13.4. The van der Waals surface area contributed by atoms with Crippen LogP contribution in [0, 0.1) is 57.2 Å². The Morgan fingerprint density at radius 2 is 0.935 bits per heavy atom. The van der Waals surface area contributed by atoms with Gasteiger partial charge in [-0.3, -0.25) is 4.79 Å². The van der Waals surface area contributed by atoms with Gasteiger partial charge in [0.1, 0.15) is 5.78 Å². The first-order valence-corrected chi connectivity index (χ1v) is 12.9. The van der Waals surface area contributed by atoms with E-state index in [0.29, 0.717) is 29.5 Å². The maximum absolute atomic E-state index is 13.4.